The smallest absolute Gasteiger partial charge is 0.332 e. The number of rotatable bonds is 12. The Balaban J connectivity index is 1.21. The van der Waals surface area contributed by atoms with E-state index in [1.54, 1.807) is 4.80 Å². The van der Waals surface area contributed by atoms with Gasteiger partial charge in [0.2, 0.25) is 0 Å². The van der Waals surface area contributed by atoms with Crippen LogP contribution in [0.4, 0.5) is 34.1 Å². The molecule has 0 saturated carbocycles. The van der Waals surface area contributed by atoms with Gasteiger partial charge < -0.3 is 14.5 Å². The molecule has 270 valence electrons. The molecule has 0 radical (unpaired) electrons. The fourth-order valence-electron chi connectivity index (χ4n) is 7.13. The van der Waals surface area contributed by atoms with Gasteiger partial charge in [0.15, 0.2) is 6.04 Å². The van der Waals surface area contributed by atoms with Crippen LogP contribution in [0.1, 0.15) is 25.8 Å². The molecule has 1 unspecified atom stereocenters. The van der Waals surface area contributed by atoms with E-state index in [1.807, 2.05) is 31.2 Å². The number of carbonyl (C=O) groups excluding carboxylic acids is 1. The summed E-state index contributed by atoms with van der Waals surface area (Å²) in [5, 5.41) is 10.1. The number of carbonyl (C=O) groups is 1. The first-order valence-electron chi connectivity index (χ1n) is 18.6. The van der Waals surface area contributed by atoms with E-state index < -0.39 is 6.04 Å². The first-order valence-corrected chi connectivity index (χ1v) is 18.6. The number of nitrogens with zero attached hydrogens (tertiary/aromatic N) is 5. The number of hydrogen-bond acceptors (Lipinski definition) is 6. The van der Waals surface area contributed by atoms with Crippen LogP contribution in [-0.4, -0.2) is 28.1 Å². The van der Waals surface area contributed by atoms with Gasteiger partial charge in [-0.3, -0.25) is 0 Å². The van der Waals surface area contributed by atoms with Crippen LogP contribution < -0.4 is 9.80 Å². The summed E-state index contributed by atoms with van der Waals surface area (Å²) < 4.78 is 5.21. The Hall–Kier alpha value is -6.99. The third-order valence-electron chi connectivity index (χ3n) is 9.80. The summed E-state index contributed by atoms with van der Waals surface area (Å²) in [6.07, 6.45) is 1.34. The lowest BCUT2D eigenvalue weighted by molar-refractivity contribution is -0.145. The SMILES string of the molecule is CCCC(C(=O)OC)n1nc2c(-c3ccc(N(c4ccccc4)c4ccccc4)cc3)ccc(-c3ccc(N(c4ccccc4)c4ccccc4)cc3)c2n1. The fourth-order valence-corrected chi connectivity index (χ4v) is 7.13. The number of esters is 1. The Morgan fingerprint density at radius 1 is 0.509 bits per heavy atom. The number of hydrogen-bond donors (Lipinski definition) is 0. The lowest BCUT2D eigenvalue weighted by atomic mass is 9.97. The second-order valence-electron chi connectivity index (χ2n) is 13.3. The molecule has 1 heterocycles. The molecule has 8 aromatic rings. The van der Waals surface area contributed by atoms with Gasteiger partial charge in [0, 0.05) is 45.3 Å². The van der Waals surface area contributed by atoms with E-state index >= 15 is 0 Å². The van der Waals surface area contributed by atoms with Crippen molar-refractivity contribution >= 4 is 51.1 Å². The van der Waals surface area contributed by atoms with Crippen molar-refractivity contribution in [3.63, 3.8) is 0 Å². The average Bonchev–Trinajstić information content (AvgIpc) is 3.70. The molecular weight excluding hydrogens is 679 g/mol. The monoisotopic (exact) mass is 719 g/mol. The third-order valence-corrected chi connectivity index (χ3v) is 9.80. The van der Waals surface area contributed by atoms with Gasteiger partial charge in [0.05, 0.1) is 7.11 Å². The second kappa shape index (κ2) is 15.9. The molecule has 55 heavy (non-hydrogen) atoms. The van der Waals surface area contributed by atoms with Gasteiger partial charge in [0.1, 0.15) is 11.0 Å². The van der Waals surface area contributed by atoms with Crippen LogP contribution in [0.25, 0.3) is 33.3 Å². The summed E-state index contributed by atoms with van der Waals surface area (Å²) in [5.41, 5.74) is 11.6. The lowest BCUT2D eigenvalue weighted by Gasteiger charge is -2.25. The highest BCUT2D eigenvalue weighted by molar-refractivity contribution is 6.01. The Morgan fingerprint density at radius 2 is 0.836 bits per heavy atom. The van der Waals surface area contributed by atoms with Crippen molar-refractivity contribution < 1.29 is 9.53 Å². The van der Waals surface area contributed by atoms with Crippen LogP contribution in [0.2, 0.25) is 0 Å². The molecule has 1 aromatic heterocycles. The number of methoxy groups -OCH3 is 1. The first kappa shape index (κ1) is 35.1. The minimum atomic E-state index is -0.636. The van der Waals surface area contributed by atoms with E-state index in [4.69, 9.17) is 14.9 Å². The van der Waals surface area contributed by atoms with E-state index in [0.29, 0.717) is 6.42 Å². The Kier molecular flexibility index (Phi) is 10.2. The van der Waals surface area contributed by atoms with Gasteiger partial charge in [-0.2, -0.15) is 15.0 Å². The largest absolute Gasteiger partial charge is 0.467 e. The molecule has 0 aliphatic rings. The highest BCUT2D eigenvalue weighted by Crippen LogP contribution is 2.40. The highest BCUT2D eigenvalue weighted by atomic mass is 16.5. The zero-order valence-corrected chi connectivity index (χ0v) is 30.9. The normalized spacial score (nSPS) is 11.6. The molecule has 0 spiro atoms. The number of fused-ring (bicyclic) bond motifs is 1. The lowest BCUT2D eigenvalue weighted by Crippen LogP contribution is -2.23. The van der Waals surface area contributed by atoms with Crippen molar-refractivity contribution in [1.82, 2.24) is 15.0 Å². The first-order chi connectivity index (χ1) is 27.1. The third kappa shape index (κ3) is 7.20. The maximum Gasteiger partial charge on any atom is 0.332 e. The van der Waals surface area contributed by atoms with E-state index in [0.717, 1.165) is 73.8 Å². The Bertz CT molecular complexity index is 2240. The summed E-state index contributed by atoms with van der Waals surface area (Å²) in [6.45, 7) is 2.04. The van der Waals surface area contributed by atoms with E-state index in [1.165, 1.54) is 7.11 Å². The minimum Gasteiger partial charge on any atom is -0.467 e. The molecule has 7 aromatic carbocycles. The molecule has 0 saturated heterocycles. The van der Waals surface area contributed by atoms with Gasteiger partial charge >= 0.3 is 5.97 Å². The number of benzene rings is 7. The van der Waals surface area contributed by atoms with E-state index in [-0.39, 0.29) is 5.97 Å². The summed E-state index contributed by atoms with van der Waals surface area (Å²) in [5.74, 6) is -0.359. The molecule has 0 fully saturated rings. The van der Waals surface area contributed by atoms with Crippen molar-refractivity contribution in [2.45, 2.75) is 25.8 Å². The Labute approximate surface area is 321 Å². The van der Waals surface area contributed by atoms with Crippen molar-refractivity contribution in [2.24, 2.45) is 0 Å². The van der Waals surface area contributed by atoms with Crippen LogP contribution >= 0.6 is 0 Å². The van der Waals surface area contributed by atoms with E-state index in [9.17, 15) is 4.79 Å². The second-order valence-corrected chi connectivity index (χ2v) is 13.3. The van der Waals surface area contributed by atoms with Gasteiger partial charge in [-0.25, -0.2) is 4.79 Å². The molecule has 0 N–H and O–H groups in total. The molecule has 0 aliphatic heterocycles. The molecule has 0 amide bonds. The summed E-state index contributed by atoms with van der Waals surface area (Å²) in [7, 11) is 1.41. The molecule has 0 aliphatic carbocycles. The summed E-state index contributed by atoms with van der Waals surface area (Å²) in [4.78, 5) is 19.1. The Morgan fingerprint density at radius 3 is 1.15 bits per heavy atom. The van der Waals surface area contributed by atoms with Crippen LogP contribution in [0, 0.1) is 0 Å². The standard InChI is InChI=1S/C48H41N5O2/c1-3-16-45(48(54)55-2)53-49-46-43(35-25-29-41(30-26-35)51(37-17-8-4-9-18-37)38-19-10-5-11-20-38)33-34-44(47(46)50-53)36-27-31-42(32-28-36)52(39-21-12-6-13-22-39)40-23-14-7-15-24-40/h4-15,17-34,45H,3,16H2,1-2H3. The van der Waals surface area contributed by atoms with Gasteiger partial charge in [-0.1, -0.05) is 123 Å². The minimum absolute atomic E-state index is 0.359. The fraction of sp³-hybridized carbons (Fsp3) is 0.104. The zero-order chi connectivity index (χ0) is 37.6. The van der Waals surface area contributed by atoms with Gasteiger partial charge in [-0.05, 0) is 90.3 Å². The highest BCUT2D eigenvalue weighted by Gasteiger charge is 2.25. The van der Waals surface area contributed by atoms with Gasteiger partial charge in [0.25, 0.3) is 0 Å². The number of ether oxygens (including phenoxy) is 1. The quantitative estimate of drug-likeness (QED) is 0.117. The van der Waals surface area contributed by atoms with Crippen LogP contribution in [0.5, 0.6) is 0 Å². The van der Waals surface area contributed by atoms with Crippen molar-refractivity contribution in [3.8, 4) is 22.3 Å². The number of anilines is 6. The molecule has 7 heteroatoms. The summed E-state index contributed by atoms with van der Waals surface area (Å²) >= 11 is 0. The van der Waals surface area contributed by atoms with E-state index in [2.05, 4.69) is 168 Å². The number of aromatic nitrogens is 3. The summed E-state index contributed by atoms with van der Waals surface area (Å²) in [6, 6.07) is 62.1. The van der Waals surface area contributed by atoms with Crippen molar-refractivity contribution in [2.75, 3.05) is 16.9 Å². The maximum atomic E-state index is 13.0. The number of para-hydroxylation sites is 4. The topological polar surface area (TPSA) is 63.5 Å². The van der Waals surface area contributed by atoms with Crippen LogP contribution in [0.15, 0.2) is 182 Å². The maximum absolute atomic E-state index is 13.0. The molecular formula is C48H41N5O2. The predicted molar refractivity (Wildman–Crippen MR) is 224 cm³/mol. The molecule has 7 nitrogen and oxygen atoms in total. The van der Waals surface area contributed by atoms with Crippen LogP contribution in [0.3, 0.4) is 0 Å². The van der Waals surface area contributed by atoms with Crippen molar-refractivity contribution in [3.05, 3.63) is 182 Å². The molecule has 1 atom stereocenters. The molecule has 8 rings (SSSR count). The zero-order valence-electron chi connectivity index (χ0n) is 30.9. The molecule has 0 bridgehead atoms. The predicted octanol–water partition coefficient (Wildman–Crippen LogP) is 12.2. The average molecular weight is 720 g/mol. The van der Waals surface area contributed by atoms with Gasteiger partial charge in [-0.15, -0.1) is 0 Å². The van der Waals surface area contributed by atoms with Crippen LogP contribution in [-0.2, 0) is 9.53 Å². The van der Waals surface area contributed by atoms with Crippen molar-refractivity contribution in [1.29, 1.82) is 0 Å².